The van der Waals surface area contributed by atoms with Crippen molar-refractivity contribution in [2.24, 2.45) is 0 Å². The molecule has 7 heteroatoms. The van der Waals surface area contributed by atoms with Crippen LogP contribution >= 0.6 is 11.5 Å². The van der Waals surface area contributed by atoms with E-state index in [-0.39, 0.29) is 16.8 Å². The highest BCUT2D eigenvalue weighted by molar-refractivity contribution is 7.91. The zero-order valence-electron chi connectivity index (χ0n) is 10.6. The molecule has 1 aromatic heterocycles. The Labute approximate surface area is 107 Å². The molecular weight excluding hydrogens is 258 g/mol. The molecule has 1 rings (SSSR count). The molecule has 0 aromatic carbocycles. The number of rotatable bonds is 5. The summed E-state index contributed by atoms with van der Waals surface area (Å²) in [5.74, 6) is 0.106. The third-order valence-electron chi connectivity index (χ3n) is 2.75. The van der Waals surface area contributed by atoms with Crippen molar-refractivity contribution >= 4 is 32.2 Å². The Morgan fingerprint density at radius 1 is 1.47 bits per heavy atom. The van der Waals surface area contributed by atoms with Gasteiger partial charge in [-0.25, -0.2) is 8.42 Å². The van der Waals surface area contributed by atoms with Gasteiger partial charge in [0, 0.05) is 18.8 Å². The van der Waals surface area contributed by atoms with Crippen molar-refractivity contribution in [3.8, 4) is 0 Å². The minimum absolute atomic E-state index is 0.106. The van der Waals surface area contributed by atoms with Crippen LogP contribution in [-0.2, 0) is 9.84 Å². The largest absolute Gasteiger partial charge is 0.382 e. The molecule has 1 aromatic rings. The quantitative estimate of drug-likeness (QED) is 0.887. The molecule has 1 atom stereocenters. The van der Waals surface area contributed by atoms with Crippen LogP contribution in [0.4, 0.5) is 10.8 Å². The molecule has 0 bridgehead atoms. The van der Waals surface area contributed by atoms with E-state index < -0.39 is 9.84 Å². The number of aromatic nitrogens is 1. The smallest absolute Gasteiger partial charge is 0.182 e. The van der Waals surface area contributed by atoms with Crippen LogP contribution in [0.5, 0.6) is 0 Å². The zero-order valence-corrected chi connectivity index (χ0v) is 12.2. The van der Waals surface area contributed by atoms with Crippen LogP contribution in [0.25, 0.3) is 0 Å². The van der Waals surface area contributed by atoms with Crippen LogP contribution in [0.2, 0.25) is 0 Å². The van der Waals surface area contributed by atoms with E-state index in [4.69, 9.17) is 5.73 Å². The van der Waals surface area contributed by atoms with Crippen molar-refractivity contribution in [1.29, 1.82) is 0 Å². The van der Waals surface area contributed by atoms with Crippen molar-refractivity contribution in [3.05, 3.63) is 0 Å². The van der Waals surface area contributed by atoms with Gasteiger partial charge in [-0.15, -0.1) is 0 Å². The summed E-state index contributed by atoms with van der Waals surface area (Å²) in [5, 5.41) is 0.654. The second kappa shape index (κ2) is 5.22. The number of nitrogens with zero attached hydrogens (tertiary/aromatic N) is 2. The van der Waals surface area contributed by atoms with Gasteiger partial charge in [-0.1, -0.05) is 6.92 Å². The normalized spacial score (nSPS) is 13.6. The number of hydrogen-bond acceptors (Lipinski definition) is 6. The molecular formula is C10H19N3O2S2. The van der Waals surface area contributed by atoms with Crippen LogP contribution in [0.15, 0.2) is 4.90 Å². The molecule has 0 aliphatic heterocycles. The zero-order chi connectivity index (χ0) is 13.2. The van der Waals surface area contributed by atoms with E-state index in [1.807, 2.05) is 11.8 Å². The predicted molar refractivity (Wildman–Crippen MR) is 72.4 cm³/mol. The lowest BCUT2D eigenvalue weighted by atomic mass is 10.2. The van der Waals surface area contributed by atoms with Gasteiger partial charge in [0.2, 0.25) is 0 Å². The molecule has 0 fully saturated rings. The molecule has 17 heavy (non-hydrogen) atoms. The van der Waals surface area contributed by atoms with Crippen LogP contribution in [0.1, 0.15) is 27.2 Å². The fraction of sp³-hybridized carbons (Fsp3) is 0.700. The van der Waals surface area contributed by atoms with Crippen LogP contribution in [-0.4, -0.2) is 31.6 Å². The molecule has 0 saturated carbocycles. The maximum Gasteiger partial charge on any atom is 0.182 e. The Morgan fingerprint density at radius 2 is 2.06 bits per heavy atom. The number of anilines is 2. The second-order valence-electron chi connectivity index (χ2n) is 4.02. The van der Waals surface area contributed by atoms with Crippen LogP contribution in [0.3, 0.4) is 0 Å². The molecule has 0 aliphatic rings. The molecule has 0 spiro atoms. The number of hydrogen-bond donors (Lipinski definition) is 1. The molecule has 1 heterocycles. The lowest BCUT2D eigenvalue weighted by Gasteiger charge is -2.28. The van der Waals surface area contributed by atoms with Crippen LogP contribution in [0, 0.1) is 0 Å². The van der Waals surface area contributed by atoms with Gasteiger partial charge in [-0.3, -0.25) is 0 Å². The van der Waals surface area contributed by atoms with E-state index in [1.165, 1.54) is 6.26 Å². The third-order valence-corrected chi connectivity index (χ3v) is 4.93. The maximum atomic E-state index is 11.7. The average Bonchev–Trinajstić information content (AvgIpc) is 2.60. The van der Waals surface area contributed by atoms with E-state index in [0.717, 1.165) is 24.5 Å². The van der Waals surface area contributed by atoms with Gasteiger partial charge in [0.05, 0.1) is 0 Å². The van der Waals surface area contributed by atoms with Gasteiger partial charge in [0.15, 0.2) is 15.7 Å². The van der Waals surface area contributed by atoms with E-state index in [2.05, 4.69) is 18.2 Å². The lowest BCUT2D eigenvalue weighted by Crippen LogP contribution is -2.32. The fourth-order valence-corrected chi connectivity index (χ4v) is 4.05. The van der Waals surface area contributed by atoms with Gasteiger partial charge in [0.25, 0.3) is 0 Å². The summed E-state index contributed by atoms with van der Waals surface area (Å²) in [6.07, 6.45) is 2.11. The fourth-order valence-electron chi connectivity index (χ4n) is 1.69. The van der Waals surface area contributed by atoms with Gasteiger partial charge in [0.1, 0.15) is 9.90 Å². The minimum atomic E-state index is -3.34. The van der Waals surface area contributed by atoms with E-state index in [0.29, 0.717) is 5.00 Å². The lowest BCUT2D eigenvalue weighted by molar-refractivity contribution is 0.599. The van der Waals surface area contributed by atoms with E-state index in [1.54, 1.807) is 0 Å². The summed E-state index contributed by atoms with van der Waals surface area (Å²) < 4.78 is 27.4. The van der Waals surface area contributed by atoms with Crippen molar-refractivity contribution < 1.29 is 8.42 Å². The molecule has 0 radical (unpaired) electrons. The first-order valence-electron chi connectivity index (χ1n) is 5.54. The Bertz CT molecular complexity index is 482. The Kier molecular flexibility index (Phi) is 4.37. The van der Waals surface area contributed by atoms with Crippen molar-refractivity contribution in [2.75, 3.05) is 23.4 Å². The molecule has 0 aliphatic carbocycles. The Morgan fingerprint density at radius 3 is 2.47 bits per heavy atom. The standard InChI is InChI=1S/C10H19N3O2S2/c1-5-7(3)13(6-2)10-8(17(4,14)15)9(11)12-16-10/h7H,5-6H2,1-4H3,(H2,11,12). The monoisotopic (exact) mass is 277 g/mol. The highest BCUT2D eigenvalue weighted by Gasteiger charge is 2.26. The van der Waals surface area contributed by atoms with Gasteiger partial charge in [-0.05, 0) is 31.8 Å². The molecule has 2 N–H and O–H groups in total. The van der Waals surface area contributed by atoms with Gasteiger partial charge >= 0.3 is 0 Å². The number of nitrogen functional groups attached to an aromatic ring is 1. The summed E-state index contributed by atoms with van der Waals surface area (Å²) in [5.41, 5.74) is 5.66. The van der Waals surface area contributed by atoms with Gasteiger partial charge in [-0.2, -0.15) is 4.37 Å². The summed E-state index contributed by atoms with van der Waals surface area (Å²) >= 11 is 1.15. The molecule has 5 nitrogen and oxygen atoms in total. The summed E-state index contributed by atoms with van der Waals surface area (Å²) in [7, 11) is -3.34. The Hall–Kier alpha value is -0.820. The molecule has 0 saturated heterocycles. The first-order valence-corrected chi connectivity index (χ1v) is 8.21. The summed E-state index contributed by atoms with van der Waals surface area (Å²) in [6.45, 7) is 6.86. The van der Waals surface area contributed by atoms with E-state index >= 15 is 0 Å². The summed E-state index contributed by atoms with van der Waals surface area (Å²) in [6, 6.07) is 0.264. The SMILES string of the molecule is CCC(C)N(CC)c1snc(N)c1S(C)(=O)=O. The highest BCUT2D eigenvalue weighted by atomic mass is 32.2. The van der Waals surface area contributed by atoms with Crippen LogP contribution < -0.4 is 10.6 Å². The second-order valence-corrected chi connectivity index (χ2v) is 6.72. The van der Waals surface area contributed by atoms with E-state index in [9.17, 15) is 8.42 Å². The predicted octanol–water partition coefficient (Wildman–Crippen LogP) is 1.75. The van der Waals surface area contributed by atoms with Crippen molar-refractivity contribution in [3.63, 3.8) is 0 Å². The third kappa shape index (κ3) is 2.90. The molecule has 0 amide bonds. The average molecular weight is 277 g/mol. The number of nitrogens with two attached hydrogens (primary N) is 1. The first kappa shape index (κ1) is 14.2. The minimum Gasteiger partial charge on any atom is -0.382 e. The van der Waals surface area contributed by atoms with Gasteiger partial charge < -0.3 is 10.6 Å². The highest BCUT2D eigenvalue weighted by Crippen LogP contribution is 2.35. The topological polar surface area (TPSA) is 76.3 Å². The Balaban J connectivity index is 3.31. The van der Waals surface area contributed by atoms with Crippen molar-refractivity contribution in [1.82, 2.24) is 4.37 Å². The maximum absolute atomic E-state index is 11.7. The first-order chi connectivity index (χ1) is 7.82. The summed E-state index contributed by atoms with van der Waals surface area (Å²) in [4.78, 5) is 2.20. The molecule has 1 unspecified atom stereocenters. The molecule has 98 valence electrons. The van der Waals surface area contributed by atoms with Crippen molar-refractivity contribution in [2.45, 2.75) is 38.1 Å². The number of sulfone groups is 1.